The Morgan fingerprint density at radius 3 is 2.30 bits per heavy atom. The van der Waals surface area contributed by atoms with Crippen LogP contribution >= 0.6 is 11.3 Å². The van der Waals surface area contributed by atoms with E-state index in [1.165, 1.54) is 6.92 Å². The van der Waals surface area contributed by atoms with E-state index in [0.29, 0.717) is 23.6 Å². The number of pyridine rings is 1. The third-order valence-electron chi connectivity index (χ3n) is 3.57. The molecule has 0 aromatic carbocycles. The lowest BCUT2D eigenvalue weighted by Crippen LogP contribution is -2.12. The van der Waals surface area contributed by atoms with Crippen molar-refractivity contribution in [2.45, 2.75) is 24.2 Å². The van der Waals surface area contributed by atoms with Gasteiger partial charge < -0.3 is 0 Å². The first-order valence-electron chi connectivity index (χ1n) is 7.19. The van der Waals surface area contributed by atoms with Crippen LogP contribution in [0.15, 0.2) is 29.6 Å². The number of rotatable bonds is 3. The zero-order valence-electron chi connectivity index (χ0n) is 13.3. The Morgan fingerprint density at radius 2 is 1.78 bits per heavy atom. The predicted octanol–water partition coefficient (Wildman–Crippen LogP) is 4.29. The van der Waals surface area contributed by atoms with Crippen LogP contribution in [0, 0.1) is 0 Å². The maximum Gasteiger partial charge on any atom is 0.427 e. The van der Waals surface area contributed by atoms with Crippen molar-refractivity contribution in [1.82, 2.24) is 14.4 Å². The SMILES string of the molecule is CCS(=O)(=O)c1cc(C(F)(F)F)cnc1-c1cn2cc(C(F)(F)F)sc2n1. The highest BCUT2D eigenvalue weighted by atomic mass is 32.2. The molecule has 0 bridgehead atoms. The highest BCUT2D eigenvalue weighted by Crippen LogP contribution is 2.37. The van der Waals surface area contributed by atoms with Crippen molar-refractivity contribution in [2.24, 2.45) is 0 Å². The van der Waals surface area contributed by atoms with Gasteiger partial charge in [0.05, 0.1) is 16.2 Å². The summed E-state index contributed by atoms with van der Waals surface area (Å²) < 4.78 is 102. The average molecular weight is 429 g/mol. The van der Waals surface area contributed by atoms with E-state index in [1.807, 2.05) is 0 Å². The van der Waals surface area contributed by atoms with E-state index in [0.717, 1.165) is 16.8 Å². The Hall–Kier alpha value is -2.15. The molecular formula is C14H9F6N3O2S2. The Bertz CT molecular complexity index is 1080. The molecule has 0 saturated heterocycles. The molecule has 3 heterocycles. The summed E-state index contributed by atoms with van der Waals surface area (Å²) in [5.41, 5.74) is -1.75. The molecule has 3 aromatic heterocycles. The number of nitrogens with zero attached hydrogens (tertiary/aromatic N) is 3. The molecular weight excluding hydrogens is 420 g/mol. The minimum atomic E-state index is -4.81. The normalized spacial score (nSPS) is 13.4. The molecule has 27 heavy (non-hydrogen) atoms. The summed E-state index contributed by atoms with van der Waals surface area (Å²) in [6, 6.07) is 0.454. The van der Waals surface area contributed by atoms with Gasteiger partial charge in [0.2, 0.25) is 0 Å². The molecule has 0 aliphatic heterocycles. The van der Waals surface area contributed by atoms with Crippen molar-refractivity contribution in [3.05, 3.63) is 35.1 Å². The van der Waals surface area contributed by atoms with Crippen LogP contribution in [0.2, 0.25) is 0 Å². The van der Waals surface area contributed by atoms with Crippen molar-refractivity contribution in [1.29, 1.82) is 0 Å². The fourth-order valence-corrected chi connectivity index (χ4v) is 4.13. The van der Waals surface area contributed by atoms with Crippen LogP contribution in [-0.2, 0) is 22.2 Å². The average Bonchev–Trinajstić information content (AvgIpc) is 3.11. The third-order valence-corrected chi connectivity index (χ3v) is 6.36. The molecule has 146 valence electrons. The lowest BCUT2D eigenvalue weighted by molar-refractivity contribution is -0.138. The molecule has 0 aliphatic rings. The van der Waals surface area contributed by atoms with Gasteiger partial charge in [-0.3, -0.25) is 9.38 Å². The summed E-state index contributed by atoms with van der Waals surface area (Å²) in [6.45, 7) is 1.25. The number of halogens is 6. The van der Waals surface area contributed by atoms with Crippen LogP contribution in [0.4, 0.5) is 26.3 Å². The minimum Gasteiger partial charge on any atom is -0.296 e. The van der Waals surface area contributed by atoms with E-state index in [2.05, 4.69) is 9.97 Å². The second-order valence-electron chi connectivity index (χ2n) is 5.38. The first kappa shape index (κ1) is 19.6. The molecule has 3 aromatic rings. The second-order valence-corrected chi connectivity index (χ2v) is 8.64. The number of thiazole rings is 1. The number of aromatic nitrogens is 3. The number of alkyl halides is 6. The zero-order chi connectivity index (χ0) is 20.2. The van der Waals surface area contributed by atoms with Gasteiger partial charge in [-0.05, 0) is 6.07 Å². The maximum atomic E-state index is 12.9. The van der Waals surface area contributed by atoms with E-state index >= 15 is 0 Å². The minimum absolute atomic E-state index is 0.0983. The quantitative estimate of drug-likeness (QED) is 0.583. The largest absolute Gasteiger partial charge is 0.427 e. The third kappa shape index (κ3) is 3.65. The Kier molecular flexibility index (Phi) is 4.50. The van der Waals surface area contributed by atoms with Gasteiger partial charge in [-0.15, -0.1) is 0 Å². The predicted molar refractivity (Wildman–Crippen MR) is 84.0 cm³/mol. The first-order chi connectivity index (χ1) is 12.3. The number of hydrogen-bond acceptors (Lipinski definition) is 5. The summed E-state index contributed by atoms with van der Waals surface area (Å²) in [5, 5.41) is 0. The summed E-state index contributed by atoms with van der Waals surface area (Å²) in [5.74, 6) is -0.483. The van der Waals surface area contributed by atoms with Crippen LogP contribution in [0.25, 0.3) is 16.3 Å². The van der Waals surface area contributed by atoms with E-state index in [1.54, 1.807) is 0 Å². The van der Waals surface area contributed by atoms with Crippen molar-refractivity contribution in [3.8, 4) is 11.4 Å². The van der Waals surface area contributed by atoms with Gasteiger partial charge in [0.1, 0.15) is 16.3 Å². The highest BCUT2D eigenvalue weighted by Gasteiger charge is 2.35. The van der Waals surface area contributed by atoms with Gasteiger partial charge in [-0.25, -0.2) is 13.4 Å². The molecule has 0 radical (unpaired) electrons. The van der Waals surface area contributed by atoms with E-state index in [-0.39, 0.29) is 16.3 Å². The standard InChI is InChI=1S/C14H9F6N3O2S2/c1-2-27(24,25)9-3-7(13(15,16)17)4-21-11(9)8-5-23-6-10(14(18,19)20)26-12(23)22-8/h3-6H,2H2,1H3. The van der Waals surface area contributed by atoms with E-state index in [4.69, 9.17) is 0 Å². The lowest BCUT2D eigenvalue weighted by atomic mass is 10.2. The molecule has 0 atom stereocenters. The van der Waals surface area contributed by atoms with Gasteiger partial charge in [-0.2, -0.15) is 26.3 Å². The molecule has 0 spiro atoms. The molecule has 3 rings (SSSR count). The molecule has 5 nitrogen and oxygen atoms in total. The number of sulfone groups is 1. The van der Waals surface area contributed by atoms with Crippen LogP contribution in [0.1, 0.15) is 17.4 Å². The summed E-state index contributed by atoms with van der Waals surface area (Å²) in [7, 11) is -4.10. The van der Waals surface area contributed by atoms with Crippen molar-refractivity contribution < 1.29 is 34.8 Å². The lowest BCUT2D eigenvalue weighted by Gasteiger charge is -2.11. The van der Waals surface area contributed by atoms with Crippen LogP contribution in [-0.4, -0.2) is 28.5 Å². The smallest absolute Gasteiger partial charge is 0.296 e. The monoisotopic (exact) mass is 429 g/mol. The van der Waals surface area contributed by atoms with Crippen LogP contribution < -0.4 is 0 Å². The first-order valence-corrected chi connectivity index (χ1v) is 9.66. The Morgan fingerprint density at radius 1 is 1.11 bits per heavy atom. The van der Waals surface area contributed by atoms with Gasteiger partial charge in [0.15, 0.2) is 14.8 Å². The van der Waals surface area contributed by atoms with Crippen LogP contribution in [0.3, 0.4) is 0 Å². The van der Waals surface area contributed by atoms with Gasteiger partial charge in [0.25, 0.3) is 0 Å². The second kappa shape index (κ2) is 6.19. The molecule has 0 N–H and O–H groups in total. The highest BCUT2D eigenvalue weighted by molar-refractivity contribution is 7.91. The summed E-state index contributed by atoms with van der Waals surface area (Å²) in [4.78, 5) is 5.78. The molecule has 0 fully saturated rings. The van der Waals surface area contributed by atoms with Crippen molar-refractivity contribution in [3.63, 3.8) is 0 Å². The van der Waals surface area contributed by atoms with Gasteiger partial charge >= 0.3 is 12.4 Å². The molecule has 0 aliphatic carbocycles. The van der Waals surface area contributed by atoms with Crippen LogP contribution in [0.5, 0.6) is 0 Å². The Balaban J connectivity index is 2.18. The Labute approximate surface area is 152 Å². The molecule has 0 saturated carbocycles. The summed E-state index contributed by atoms with van der Waals surface area (Å²) >= 11 is 0.316. The zero-order valence-corrected chi connectivity index (χ0v) is 14.9. The summed E-state index contributed by atoms with van der Waals surface area (Å²) in [6.07, 6.45) is -7.08. The number of hydrogen-bond donors (Lipinski definition) is 0. The van der Waals surface area contributed by atoms with Crippen molar-refractivity contribution >= 4 is 26.1 Å². The molecule has 0 unspecified atom stereocenters. The van der Waals surface area contributed by atoms with Gasteiger partial charge in [0, 0.05) is 18.6 Å². The van der Waals surface area contributed by atoms with E-state index in [9.17, 15) is 34.8 Å². The number of fused-ring (bicyclic) bond motifs is 1. The van der Waals surface area contributed by atoms with E-state index < -0.39 is 43.3 Å². The fourth-order valence-electron chi connectivity index (χ4n) is 2.23. The molecule has 13 heteroatoms. The van der Waals surface area contributed by atoms with Crippen molar-refractivity contribution in [2.75, 3.05) is 5.75 Å². The fraction of sp³-hybridized carbons (Fsp3) is 0.286. The number of imidazole rings is 1. The van der Waals surface area contributed by atoms with Gasteiger partial charge in [-0.1, -0.05) is 18.3 Å². The maximum absolute atomic E-state index is 12.9. The molecule has 0 amide bonds. The topological polar surface area (TPSA) is 64.3 Å².